The Kier molecular flexibility index (Phi) is 9.64. The maximum atomic E-state index is 13.4. The molecule has 2 heterocycles. The Morgan fingerprint density at radius 3 is 2.47 bits per heavy atom. The minimum Gasteiger partial charge on any atom is -0.464 e. The van der Waals surface area contributed by atoms with Gasteiger partial charge in [-0.15, -0.1) is 0 Å². The standard InChI is InChI=1S/C22H20Br3ClN6O4/c1-3-30(31(4-2)22(35)36)11-17(33)13-8-12(23)9-14(24)19(13)28-21(34)16-10-18(25)29-32(16)20-15(26)6-5-7-27-20/h5-10H,3-4,11H2,1-2H3,(H,28,34)(H,35,36). The quantitative estimate of drug-likeness (QED) is 0.211. The minimum atomic E-state index is -1.16. The van der Waals surface area contributed by atoms with Crippen LogP contribution >= 0.6 is 59.4 Å². The molecule has 3 rings (SSSR count). The number of hydrogen-bond acceptors (Lipinski definition) is 6. The van der Waals surface area contributed by atoms with E-state index in [-0.39, 0.29) is 35.9 Å². The van der Waals surface area contributed by atoms with Crippen LogP contribution in [-0.4, -0.2) is 67.3 Å². The molecule has 0 aliphatic rings. The molecule has 1 aromatic carbocycles. The van der Waals surface area contributed by atoms with Crippen LogP contribution in [0.1, 0.15) is 34.7 Å². The predicted octanol–water partition coefficient (Wildman–Crippen LogP) is 5.88. The number of benzene rings is 1. The Bertz CT molecular complexity index is 1320. The third-order valence-corrected chi connectivity index (χ3v) is 6.76. The first-order valence-corrected chi connectivity index (χ1v) is 13.3. The average molecular weight is 708 g/mol. The van der Waals surface area contributed by atoms with Crippen LogP contribution in [0.4, 0.5) is 10.5 Å². The smallest absolute Gasteiger partial charge is 0.421 e. The molecule has 190 valence electrons. The third-order valence-electron chi connectivity index (χ3n) is 5.00. The van der Waals surface area contributed by atoms with Crippen LogP contribution in [0.3, 0.4) is 0 Å². The highest BCUT2D eigenvalue weighted by Crippen LogP contribution is 2.32. The number of nitrogens with zero attached hydrogens (tertiary/aromatic N) is 5. The first-order chi connectivity index (χ1) is 17.1. The Labute approximate surface area is 237 Å². The lowest BCUT2D eigenvalue weighted by molar-refractivity contribution is 0.00204. The van der Waals surface area contributed by atoms with Crippen molar-refractivity contribution in [1.29, 1.82) is 0 Å². The van der Waals surface area contributed by atoms with Crippen LogP contribution in [0.5, 0.6) is 0 Å². The molecule has 0 spiro atoms. The highest BCUT2D eigenvalue weighted by Gasteiger charge is 2.26. The molecule has 0 saturated heterocycles. The van der Waals surface area contributed by atoms with E-state index in [0.29, 0.717) is 25.1 Å². The van der Waals surface area contributed by atoms with E-state index in [1.807, 2.05) is 0 Å². The Morgan fingerprint density at radius 1 is 1.14 bits per heavy atom. The normalized spacial score (nSPS) is 11.0. The van der Waals surface area contributed by atoms with Crippen molar-refractivity contribution in [3.05, 3.63) is 66.4 Å². The maximum Gasteiger partial charge on any atom is 0.421 e. The zero-order valence-corrected chi connectivity index (χ0v) is 24.5. The number of aromatic nitrogens is 3. The number of carbonyl (C=O) groups excluding carboxylic acids is 2. The number of carbonyl (C=O) groups is 3. The molecular weight excluding hydrogens is 687 g/mol. The first-order valence-electron chi connectivity index (χ1n) is 10.5. The van der Waals surface area contributed by atoms with Crippen molar-refractivity contribution < 1.29 is 19.5 Å². The SMILES string of the molecule is CCN(CC(=O)c1cc(Br)cc(Br)c1NC(=O)c1cc(Br)nn1-c1ncccc1Cl)N(CC)C(=O)O. The largest absolute Gasteiger partial charge is 0.464 e. The van der Waals surface area contributed by atoms with E-state index in [1.54, 1.807) is 38.1 Å². The number of anilines is 1. The number of hydrogen-bond donors (Lipinski definition) is 2. The van der Waals surface area contributed by atoms with Crippen molar-refractivity contribution in [2.24, 2.45) is 0 Å². The van der Waals surface area contributed by atoms with Gasteiger partial charge in [-0.05, 0) is 63.0 Å². The highest BCUT2D eigenvalue weighted by atomic mass is 79.9. The molecule has 0 radical (unpaired) electrons. The number of nitrogens with one attached hydrogen (secondary N) is 1. The molecule has 36 heavy (non-hydrogen) atoms. The van der Waals surface area contributed by atoms with E-state index in [1.165, 1.54) is 22.0 Å². The average Bonchev–Trinajstić information content (AvgIpc) is 3.21. The van der Waals surface area contributed by atoms with Crippen LogP contribution in [0.25, 0.3) is 5.82 Å². The van der Waals surface area contributed by atoms with Crippen molar-refractivity contribution in [1.82, 2.24) is 24.8 Å². The van der Waals surface area contributed by atoms with Crippen LogP contribution in [0.2, 0.25) is 5.02 Å². The van der Waals surface area contributed by atoms with E-state index in [2.05, 4.69) is 63.2 Å². The van der Waals surface area contributed by atoms with Gasteiger partial charge in [-0.1, -0.05) is 34.5 Å². The van der Waals surface area contributed by atoms with Gasteiger partial charge in [-0.25, -0.2) is 24.5 Å². The zero-order valence-electron chi connectivity index (χ0n) is 19.0. The summed E-state index contributed by atoms with van der Waals surface area (Å²) in [4.78, 5) is 42.5. The summed E-state index contributed by atoms with van der Waals surface area (Å²) in [6, 6.07) is 8.03. The van der Waals surface area contributed by atoms with Crippen LogP contribution in [-0.2, 0) is 0 Å². The summed E-state index contributed by atoms with van der Waals surface area (Å²) in [6.07, 6.45) is 0.361. The van der Waals surface area contributed by atoms with Gasteiger partial charge in [0, 0.05) is 39.9 Å². The fourth-order valence-corrected chi connectivity index (χ4v) is 5.28. The van der Waals surface area contributed by atoms with Gasteiger partial charge in [0.2, 0.25) is 0 Å². The molecule has 0 aliphatic carbocycles. The summed E-state index contributed by atoms with van der Waals surface area (Å²) >= 11 is 16.3. The second kappa shape index (κ2) is 12.3. The summed E-state index contributed by atoms with van der Waals surface area (Å²) in [5.41, 5.74) is 0.526. The number of pyridine rings is 1. The lowest BCUT2D eigenvalue weighted by Gasteiger charge is -2.30. The Balaban J connectivity index is 1.98. The Hall–Kier alpha value is -2.32. The van der Waals surface area contributed by atoms with E-state index in [4.69, 9.17) is 11.6 Å². The van der Waals surface area contributed by atoms with Crippen molar-refractivity contribution in [3.63, 3.8) is 0 Å². The van der Waals surface area contributed by atoms with Crippen molar-refractivity contribution in [2.75, 3.05) is 25.0 Å². The number of hydrazine groups is 1. The van der Waals surface area contributed by atoms with Gasteiger partial charge in [0.25, 0.3) is 5.91 Å². The van der Waals surface area contributed by atoms with Gasteiger partial charge in [-0.2, -0.15) is 5.10 Å². The monoisotopic (exact) mass is 704 g/mol. The molecule has 0 saturated carbocycles. The molecule has 2 N–H and O–H groups in total. The molecule has 2 aromatic heterocycles. The van der Waals surface area contributed by atoms with Gasteiger partial charge < -0.3 is 10.4 Å². The fourth-order valence-electron chi connectivity index (χ4n) is 3.38. The molecule has 0 atom stereocenters. The molecule has 0 aliphatic heterocycles. The zero-order chi connectivity index (χ0) is 26.6. The number of rotatable bonds is 9. The second-order valence-corrected chi connectivity index (χ2v) is 10.2. The number of Topliss-reactive ketones (excluding diaryl/α,β-unsaturated/α-hetero) is 1. The fraction of sp³-hybridized carbons (Fsp3) is 0.227. The molecule has 3 aromatic rings. The molecule has 0 fully saturated rings. The van der Waals surface area contributed by atoms with Gasteiger partial charge in [-0.3, -0.25) is 9.59 Å². The van der Waals surface area contributed by atoms with Crippen LogP contribution in [0, 0.1) is 0 Å². The van der Waals surface area contributed by atoms with E-state index in [9.17, 15) is 19.5 Å². The van der Waals surface area contributed by atoms with E-state index >= 15 is 0 Å². The summed E-state index contributed by atoms with van der Waals surface area (Å²) in [6.45, 7) is 3.69. The minimum absolute atomic E-state index is 0.119. The van der Waals surface area contributed by atoms with Crippen molar-refractivity contribution >= 4 is 82.9 Å². The number of halogens is 4. The highest BCUT2D eigenvalue weighted by molar-refractivity contribution is 9.11. The summed E-state index contributed by atoms with van der Waals surface area (Å²) in [5, 5.41) is 19.3. The van der Waals surface area contributed by atoms with Gasteiger partial charge >= 0.3 is 6.09 Å². The first kappa shape index (κ1) is 28.3. The number of amides is 2. The topological polar surface area (TPSA) is 121 Å². The van der Waals surface area contributed by atoms with E-state index in [0.717, 1.165) is 5.01 Å². The third kappa shape index (κ3) is 6.32. The predicted molar refractivity (Wildman–Crippen MR) is 146 cm³/mol. The van der Waals surface area contributed by atoms with Crippen LogP contribution in [0.15, 0.2) is 50.1 Å². The summed E-state index contributed by atoms with van der Waals surface area (Å²) < 4.78 is 2.72. The molecular formula is C22H20Br3ClN6O4. The van der Waals surface area contributed by atoms with Crippen molar-refractivity contribution in [3.8, 4) is 5.82 Å². The lowest BCUT2D eigenvalue weighted by atomic mass is 10.1. The molecule has 0 unspecified atom stereocenters. The number of carboxylic acid groups (broad SMARTS) is 1. The molecule has 10 nitrogen and oxygen atoms in total. The van der Waals surface area contributed by atoms with Gasteiger partial charge in [0.1, 0.15) is 10.3 Å². The van der Waals surface area contributed by atoms with Crippen molar-refractivity contribution in [2.45, 2.75) is 13.8 Å². The van der Waals surface area contributed by atoms with Crippen LogP contribution < -0.4 is 5.32 Å². The summed E-state index contributed by atoms with van der Waals surface area (Å²) in [5.74, 6) is -0.704. The lowest BCUT2D eigenvalue weighted by Crippen LogP contribution is -2.48. The second-order valence-electron chi connectivity index (χ2n) is 7.24. The molecule has 14 heteroatoms. The Morgan fingerprint density at radius 2 is 1.86 bits per heavy atom. The molecule has 0 bridgehead atoms. The molecule has 2 amide bonds. The van der Waals surface area contributed by atoms with Gasteiger partial charge in [0.05, 0.1) is 17.3 Å². The number of likely N-dealkylation sites (N-methyl/N-ethyl adjacent to an activating group) is 1. The maximum absolute atomic E-state index is 13.4. The summed E-state index contributed by atoms with van der Waals surface area (Å²) in [7, 11) is 0. The number of ketones is 1. The van der Waals surface area contributed by atoms with E-state index < -0.39 is 17.8 Å². The van der Waals surface area contributed by atoms with Gasteiger partial charge in [0.15, 0.2) is 11.6 Å².